The number of methoxy groups -OCH3 is 2. The number of benzene rings is 1. The largest absolute Gasteiger partial charge is 0.493 e. The third-order valence-electron chi connectivity index (χ3n) is 2.89. The van der Waals surface area contributed by atoms with Gasteiger partial charge in [-0.2, -0.15) is 0 Å². The van der Waals surface area contributed by atoms with Gasteiger partial charge in [-0.3, -0.25) is 4.40 Å². The molecule has 1 aromatic carbocycles. The van der Waals surface area contributed by atoms with Crippen LogP contribution < -0.4 is 15.2 Å². The van der Waals surface area contributed by atoms with Crippen molar-refractivity contribution >= 4 is 22.4 Å². The topological polar surface area (TPSA) is 74.7 Å². The minimum atomic E-state index is 0.409. The molecule has 0 spiro atoms. The van der Waals surface area contributed by atoms with Gasteiger partial charge in [0.2, 0.25) is 0 Å². The molecule has 3 rings (SSSR count). The standard InChI is InChI=1S/C12H12N4O2/c1-17-9-4-3-7-10(11(9)18-2)15-12(13)8-5-14-6-16(7)8/h3-6H,1-2H3,(H2,13,15). The molecule has 0 aliphatic rings. The zero-order chi connectivity index (χ0) is 12.7. The summed E-state index contributed by atoms with van der Waals surface area (Å²) in [7, 11) is 3.16. The molecule has 18 heavy (non-hydrogen) atoms. The Bertz CT molecular complexity index is 736. The molecule has 0 fully saturated rings. The van der Waals surface area contributed by atoms with E-state index in [1.807, 2.05) is 16.5 Å². The van der Waals surface area contributed by atoms with Gasteiger partial charge >= 0.3 is 0 Å². The first kappa shape index (κ1) is 10.6. The van der Waals surface area contributed by atoms with Crippen molar-refractivity contribution in [2.24, 2.45) is 0 Å². The summed E-state index contributed by atoms with van der Waals surface area (Å²) >= 11 is 0. The lowest BCUT2D eigenvalue weighted by Gasteiger charge is -2.11. The lowest BCUT2D eigenvalue weighted by Crippen LogP contribution is -2.00. The molecule has 2 aromatic heterocycles. The molecule has 0 aliphatic heterocycles. The molecule has 0 aliphatic carbocycles. The fourth-order valence-electron chi connectivity index (χ4n) is 2.06. The quantitative estimate of drug-likeness (QED) is 0.739. The minimum Gasteiger partial charge on any atom is -0.493 e. The second-order valence-electron chi connectivity index (χ2n) is 3.81. The van der Waals surface area contributed by atoms with Crippen molar-refractivity contribution in [3.05, 3.63) is 24.7 Å². The second-order valence-corrected chi connectivity index (χ2v) is 3.81. The van der Waals surface area contributed by atoms with E-state index in [0.717, 1.165) is 11.0 Å². The highest BCUT2D eigenvalue weighted by molar-refractivity contribution is 5.89. The van der Waals surface area contributed by atoms with Crippen LogP contribution in [0, 0.1) is 0 Å². The van der Waals surface area contributed by atoms with Crippen LogP contribution in [-0.4, -0.2) is 28.6 Å². The highest BCUT2D eigenvalue weighted by Gasteiger charge is 2.14. The number of rotatable bonds is 2. The van der Waals surface area contributed by atoms with E-state index in [-0.39, 0.29) is 0 Å². The molecule has 3 aromatic rings. The Morgan fingerprint density at radius 3 is 2.72 bits per heavy atom. The van der Waals surface area contributed by atoms with Crippen molar-refractivity contribution in [2.75, 3.05) is 20.0 Å². The molecule has 0 bridgehead atoms. The van der Waals surface area contributed by atoms with Crippen molar-refractivity contribution in [1.29, 1.82) is 0 Å². The van der Waals surface area contributed by atoms with Crippen LogP contribution in [0.1, 0.15) is 0 Å². The Balaban J connectivity index is 2.51. The van der Waals surface area contributed by atoms with Gasteiger partial charge in [0.05, 0.1) is 32.3 Å². The highest BCUT2D eigenvalue weighted by Crippen LogP contribution is 2.35. The second kappa shape index (κ2) is 3.76. The van der Waals surface area contributed by atoms with Gasteiger partial charge in [0, 0.05) is 0 Å². The maximum Gasteiger partial charge on any atom is 0.188 e. The zero-order valence-corrected chi connectivity index (χ0v) is 10.0. The smallest absolute Gasteiger partial charge is 0.188 e. The summed E-state index contributed by atoms with van der Waals surface area (Å²) in [5.41, 5.74) is 8.21. The van der Waals surface area contributed by atoms with Gasteiger partial charge < -0.3 is 15.2 Å². The summed E-state index contributed by atoms with van der Waals surface area (Å²) in [4.78, 5) is 8.45. The van der Waals surface area contributed by atoms with Gasteiger partial charge in [0.15, 0.2) is 11.5 Å². The molecule has 2 heterocycles. The van der Waals surface area contributed by atoms with Gasteiger partial charge in [-0.15, -0.1) is 0 Å². The molecular formula is C12H12N4O2. The lowest BCUT2D eigenvalue weighted by atomic mass is 10.2. The number of nitrogens with zero attached hydrogens (tertiary/aromatic N) is 3. The first-order valence-electron chi connectivity index (χ1n) is 5.38. The minimum absolute atomic E-state index is 0.409. The molecule has 2 N–H and O–H groups in total. The van der Waals surface area contributed by atoms with E-state index in [2.05, 4.69) is 9.97 Å². The van der Waals surface area contributed by atoms with E-state index >= 15 is 0 Å². The number of nitrogen functional groups attached to an aromatic ring is 1. The highest BCUT2D eigenvalue weighted by atomic mass is 16.5. The van der Waals surface area contributed by atoms with Crippen LogP contribution in [0.15, 0.2) is 24.7 Å². The fourth-order valence-corrected chi connectivity index (χ4v) is 2.06. The Hall–Kier alpha value is -2.50. The summed E-state index contributed by atoms with van der Waals surface area (Å²) in [6.45, 7) is 0. The molecule has 0 amide bonds. The van der Waals surface area contributed by atoms with E-state index in [0.29, 0.717) is 22.8 Å². The molecule has 0 unspecified atom stereocenters. The third kappa shape index (κ3) is 1.29. The van der Waals surface area contributed by atoms with E-state index in [1.54, 1.807) is 26.7 Å². The van der Waals surface area contributed by atoms with Crippen LogP contribution in [0.4, 0.5) is 5.82 Å². The normalized spacial score (nSPS) is 11.0. The Morgan fingerprint density at radius 1 is 1.17 bits per heavy atom. The number of ether oxygens (including phenoxy) is 2. The van der Waals surface area contributed by atoms with Gasteiger partial charge in [0.1, 0.15) is 16.9 Å². The van der Waals surface area contributed by atoms with Crippen LogP contribution in [0.2, 0.25) is 0 Å². The lowest BCUT2D eigenvalue weighted by molar-refractivity contribution is 0.358. The van der Waals surface area contributed by atoms with Crippen molar-refractivity contribution < 1.29 is 9.47 Å². The van der Waals surface area contributed by atoms with E-state index in [1.165, 1.54) is 0 Å². The SMILES string of the molecule is COc1ccc2c(nc(N)c3cncn32)c1OC. The van der Waals surface area contributed by atoms with Crippen molar-refractivity contribution in [3.8, 4) is 11.5 Å². The molecule has 92 valence electrons. The van der Waals surface area contributed by atoms with E-state index < -0.39 is 0 Å². The number of hydrogen-bond acceptors (Lipinski definition) is 5. The van der Waals surface area contributed by atoms with Crippen LogP contribution in [0.5, 0.6) is 11.5 Å². The predicted octanol–water partition coefficient (Wildman–Crippen LogP) is 1.48. The average molecular weight is 244 g/mol. The van der Waals surface area contributed by atoms with Crippen molar-refractivity contribution in [3.63, 3.8) is 0 Å². The van der Waals surface area contributed by atoms with Crippen molar-refractivity contribution in [2.45, 2.75) is 0 Å². The van der Waals surface area contributed by atoms with Gasteiger partial charge in [0.25, 0.3) is 0 Å². The molecule has 0 radical (unpaired) electrons. The molecular weight excluding hydrogens is 232 g/mol. The molecule has 0 saturated heterocycles. The molecule has 6 heteroatoms. The predicted molar refractivity (Wildman–Crippen MR) is 68.0 cm³/mol. The maximum absolute atomic E-state index is 5.91. The maximum atomic E-state index is 5.91. The summed E-state index contributed by atoms with van der Waals surface area (Å²) in [6, 6.07) is 3.73. The molecule has 0 atom stereocenters. The fraction of sp³-hybridized carbons (Fsp3) is 0.167. The summed E-state index contributed by atoms with van der Waals surface area (Å²) < 4.78 is 12.5. The first-order chi connectivity index (χ1) is 8.76. The molecule has 6 nitrogen and oxygen atoms in total. The van der Waals surface area contributed by atoms with Gasteiger partial charge in [-0.25, -0.2) is 9.97 Å². The number of imidazole rings is 1. The average Bonchev–Trinajstić information content (AvgIpc) is 2.87. The zero-order valence-electron chi connectivity index (χ0n) is 10.0. The molecule has 0 saturated carbocycles. The van der Waals surface area contributed by atoms with Gasteiger partial charge in [-0.05, 0) is 12.1 Å². The van der Waals surface area contributed by atoms with Crippen LogP contribution >= 0.6 is 0 Å². The number of fused-ring (bicyclic) bond motifs is 3. The third-order valence-corrected chi connectivity index (χ3v) is 2.89. The monoisotopic (exact) mass is 244 g/mol. The number of hydrogen-bond donors (Lipinski definition) is 1. The van der Waals surface area contributed by atoms with Crippen molar-refractivity contribution in [1.82, 2.24) is 14.4 Å². The first-order valence-corrected chi connectivity index (χ1v) is 5.38. The number of nitrogens with two attached hydrogens (primary N) is 1. The summed E-state index contributed by atoms with van der Waals surface area (Å²) in [6.07, 6.45) is 3.38. The Morgan fingerprint density at radius 2 is 2.00 bits per heavy atom. The Kier molecular flexibility index (Phi) is 2.22. The number of aromatic nitrogens is 3. The van der Waals surface area contributed by atoms with E-state index in [9.17, 15) is 0 Å². The van der Waals surface area contributed by atoms with E-state index in [4.69, 9.17) is 15.2 Å². The van der Waals surface area contributed by atoms with Crippen LogP contribution in [-0.2, 0) is 0 Å². The number of anilines is 1. The Labute approximate surface area is 103 Å². The van der Waals surface area contributed by atoms with Gasteiger partial charge in [-0.1, -0.05) is 0 Å². The van der Waals surface area contributed by atoms with Crippen LogP contribution in [0.3, 0.4) is 0 Å². The summed E-state index contributed by atoms with van der Waals surface area (Å²) in [5.74, 6) is 1.60. The summed E-state index contributed by atoms with van der Waals surface area (Å²) in [5, 5.41) is 0. The van der Waals surface area contributed by atoms with Crippen LogP contribution in [0.25, 0.3) is 16.6 Å².